The number of nitrogens with zero attached hydrogens (tertiary/aromatic N) is 1. The minimum Gasteiger partial charge on any atom is -0.341 e. The monoisotopic (exact) mass is 370 g/mol. The summed E-state index contributed by atoms with van der Waals surface area (Å²) in [6.45, 7) is 13.5. The van der Waals surface area contributed by atoms with Crippen LogP contribution in [0.5, 0.6) is 0 Å². The van der Waals surface area contributed by atoms with Gasteiger partial charge in [-0.15, -0.1) is 0 Å². The molecule has 1 aromatic rings. The lowest BCUT2D eigenvalue weighted by atomic mass is 9.92. The maximum absolute atomic E-state index is 12.5. The first-order valence-electron chi connectivity index (χ1n) is 9.06. The Hall–Kier alpha value is -2.81. The van der Waals surface area contributed by atoms with Crippen molar-refractivity contribution >= 4 is 17.5 Å². The lowest BCUT2D eigenvalue weighted by Crippen LogP contribution is -2.54. The minimum absolute atomic E-state index is 0.0874. The molecule has 6 heteroatoms. The fourth-order valence-electron chi connectivity index (χ4n) is 2.68. The molecule has 1 aromatic carbocycles. The molecule has 146 valence electrons. The highest BCUT2D eigenvalue weighted by atomic mass is 16.2. The van der Waals surface area contributed by atoms with Crippen molar-refractivity contribution in [3.8, 4) is 6.07 Å². The molecule has 0 unspecified atom stereocenters. The van der Waals surface area contributed by atoms with Gasteiger partial charge in [-0.25, -0.2) is 4.79 Å². The fraction of sp³-hybridized carbons (Fsp3) is 0.476. The summed E-state index contributed by atoms with van der Waals surface area (Å²) in [5, 5.41) is 16.8. The van der Waals surface area contributed by atoms with E-state index in [0.29, 0.717) is 6.42 Å². The van der Waals surface area contributed by atoms with Crippen LogP contribution in [0.1, 0.15) is 52.2 Å². The molecular formula is C21H30N4O2. The number of allylic oxidation sites excluding steroid dienone is 1. The molecule has 0 aliphatic carbocycles. The molecule has 0 heterocycles. The number of carbonyl (C=O) groups is 2. The summed E-state index contributed by atoms with van der Waals surface area (Å²) in [4.78, 5) is 24.8. The van der Waals surface area contributed by atoms with Crippen LogP contribution >= 0.6 is 0 Å². The third-order valence-electron chi connectivity index (χ3n) is 4.17. The van der Waals surface area contributed by atoms with E-state index in [0.717, 1.165) is 16.7 Å². The molecular weight excluding hydrogens is 340 g/mol. The number of nitrogens with one attached hydrogen (secondary N) is 3. The molecule has 0 aromatic heterocycles. The summed E-state index contributed by atoms with van der Waals surface area (Å²) in [6.07, 6.45) is 0.482. The van der Waals surface area contributed by atoms with Crippen molar-refractivity contribution in [1.29, 1.82) is 5.26 Å². The van der Waals surface area contributed by atoms with Gasteiger partial charge in [0.2, 0.25) is 5.91 Å². The van der Waals surface area contributed by atoms with E-state index in [2.05, 4.69) is 22.5 Å². The Bertz CT molecular complexity index is 732. The molecule has 27 heavy (non-hydrogen) atoms. The Morgan fingerprint density at radius 2 is 1.96 bits per heavy atom. The molecule has 1 rings (SSSR count). The van der Waals surface area contributed by atoms with Crippen LogP contribution in [0.2, 0.25) is 0 Å². The number of amides is 3. The SMILES string of the molecule is C=C(C)c1cccc(C(C)(C)NC(=O)N[C@@H](CC(C)C)C(=O)NCC#N)c1. The van der Waals surface area contributed by atoms with Gasteiger partial charge in [0, 0.05) is 0 Å². The molecule has 0 aliphatic rings. The van der Waals surface area contributed by atoms with Crippen molar-refractivity contribution in [2.45, 2.75) is 52.6 Å². The molecule has 0 aliphatic heterocycles. The average molecular weight is 370 g/mol. The van der Waals surface area contributed by atoms with Crippen LogP contribution < -0.4 is 16.0 Å². The fourth-order valence-corrected chi connectivity index (χ4v) is 2.68. The highest BCUT2D eigenvalue weighted by molar-refractivity contribution is 5.87. The smallest absolute Gasteiger partial charge is 0.316 e. The molecule has 0 bridgehead atoms. The third kappa shape index (κ3) is 7.14. The zero-order chi connectivity index (χ0) is 20.6. The standard InChI is InChI=1S/C21H30N4O2/c1-14(2)12-18(19(26)23-11-10-22)24-20(27)25-21(5,6)17-9-7-8-16(13-17)15(3)4/h7-9,13-14,18H,3,11-12H2,1-2,4-6H3,(H,23,26)(H2,24,25,27)/t18-/m0/s1. The highest BCUT2D eigenvalue weighted by Gasteiger charge is 2.27. The molecule has 0 saturated carbocycles. The van der Waals surface area contributed by atoms with Crippen LogP contribution in [-0.2, 0) is 10.3 Å². The molecule has 3 N–H and O–H groups in total. The second-order valence-electron chi connectivity index (χ2n) is 7.64. The Morgan fingerprint density at radius 3 is 2.52 bits per heavy atom. The van der Waals surface area contributed by atoms with Crippen LogP contribution in [0.25, 0.3) is 5.57 Å². The Morgan fingerprint density at radius 1 is 1.30 bits per heavy atom. The zero-order valence-corrected chi connectivity index (χ0v) is 16.8. The molecule has 0 spiro atoms. The third-order valence-corrected chi connectivity index (χ3v) is 4.17. The first kappa shape index (κ1) is 22.2. The van der Waals surface area contributed by atoms with Gasteiger partial charge < -0.3 is 16.0 Å². The summed E-state index contributed by atoms with van der Waals surface area (Å²) in [5.74, 6) is -0.147. The molecule has 6 nitrogen and oxygen atoms in total. The maximum atomic E-state index is 12.5. The zero-order valence-electron chi connectivity index (χ0n) is 16.8. The van der Waals surface area contributed by atoms with Gasteiger partial charge in [0.1, 0.15) is 12.6 Å². The van der Waals surface area contributed by atoms with Gasteiger partial charge in [-0.1, -0.05) is 44.2 Å². The Kier molecular flexibility index (Phi) is 8.04. The maximum Gasteiger partial charge on any atom is 0.316 e. The first-order valence-corrected chi connectivity index (χ1v) is 9.06. The number of urea groups is 1. The lowest BCUT2D eigenvalue weighted by molar-refractivity contribution is -0.123. The molecule has 0 fully saturated rings. The highest BCUT2D eigenvalue weighted by Crippen LogP contribution is 2.23. The van der Waals surface area contributed by atoms with E-state index >= 15 is 0 Å². The van der Waals surface area contributed by atoms with Crippen LogP contribution in [0.4, 0.5) is 4.79 Å². The minimum atomic E-state index is -0.698. The van der Waals surface area contributed by atoms with Gasteiger partial charge in [0.05, 0.1) is 11.6 Å². The molecule has 0 radical (unpaired) electrons. The van der Waals surface area contributed by atoms with E-state index in [1.54, 1.807) is 0 Å². The summed E-state index contributed by atoms with van der Waals surface area (Å²) in [6, 6.07) is 8.57. The van der Waals surface area contributed by atoms with Gasteiger partial charge in [-0.3, -0.25) is 4.79 Å². The topological polar surface area (TPSA) is 94.0 Å². The van der Waals surface area contributed by atoms with Gasteiger partial charge in [-0.05, 0) is 50.3 Å². The molecule has 3 amide bonds. The normalized spacial score (nSPS) is 12.0. The van der Waals surface area contributed by atoms with Crippen molar-refractivity contribution in [3.05, 3.63) is 42.0 Å². The van der Waals surface area contributed by atoms with Crippen molar-refractivity contribution in [1.82, 2.24) is 16.0 Å². The molecule has 0 saturated heterocycles. The van der Waals surface area contributed by atoms with Crippen LogP contribution in [-0.4, -0.2) is 24.5 Å². The van der Waals surface area contributed by atoms with E-state index in [1.807, 2.05) is 65.0 Å². The van der Waals surface area contributed by atoms with E-state index in [4.69, 9.17) is 5.26 Å². The van der Waals surface area contributed by atoms with Crippen molar-refractivity contribution in [2.24, 2.45) is 5.92 Å². The van der Waals surface area contributed by atoms with E-state index < -0.39 is 17.6 Å². The van der Waals surface area contributed by atoms with Crippen LogP contribution in [0.15, 0.2) is 30.8 Å². The predicted molar refractivity (Wildman–Crippen MR) is 108 cm³/mol. The first-order chi connectivity index (χ1) is 12.6. The summed E-state index contributed by atoms with van der Waals surface area (Å²) in [7, 11) is 0. The van der Waals surface area contributed by atoms with Crippen molar-refractivity contribution < 1.29 is 9.59 Å². The second kappa shape index (κ2) is 9.77. The van der Waals surface area contributed by atoms with E-state index in [-0.39, 0.29) is 18.4 Å². The largest absolute Gasteiger partial charge is 0.341 e. The number of rotatable bonds is 8. The summed E-state index contributed by atoms with van der Waals surface area (Å²) >= 11 is 0. The number of benzene rings is 1. The lowest BCUT2D eigenvalue weighted by Gasteiger charge is -2.29. The average Bonchev–Trinajstić information content (AvgIpc) is 2.58. The number of carbonyl (C=O) groups excluding carboxylic acids is 2. The Balaban J connectivity index is 2.87. The Labute approximate surface area is 162 Å². The van der Waals surface area contributed by atoms with Gasteiger partial charge in [-0.2, -0.15) is 5.26 Å². The predicted octanol–water partition coefficient (Wildman–Crippen LogP) is 3.31. The number of nitriles is 1. The van der Waals surface area contributed by atoms with Crippen molar-refractivity contribution in [3.63, 3.8) is 0 Å². The van der Waals surface area contributed by atoms with Crippen molar-refractivity contribution in [2.75, 3.05) is 6.54 Å². The summed E-state index contributed by atoms with van der Waals surface area (Å²) < 4.78 is 0. The number of hydrogen-bond acceptors (Lipinski definition) is 3. The quantitative estimate of drug-likeness (QED) is 0.613. The van der Waals surface area contributed by atoms with Gasteiger partial charge >= 0.3 is 6.03 Å². The van der Waals surface area contributed by atoms with E-state index in [1.165, 1.54) is 0 Å². The second-order valence-corrected chi connectivity index (χ2v) is 7.64. The van der Waals surface area contributed by atoms with Crippen LogP contribution in [0, 0.1) is 17.2 Å². The summed E-state index contributed by atoms with van der Waals surface area (Å²) in [5.41, 5.74) is 2.26. The van der Waals surface area contributed by atoms with Gasteiger partial charge in [0.15, 0.2) is 0 Å². The molecule has 1 atom stereocenters. The van der Waals surface area contributed by atoms with E-state index in [9.17, 15) is 9.59 Å². The number of hydrogen-bond donors (Lipinski definition) is 3. The van der Waals surface area contributed by atoms with Gasteiger partial charge in [0.25, 0.3) is 0 Å². The van der Waals surface area contributed by atoms with Crippen LogP contribution in [0.3, 0.4) is 0 Å².